The zero-order chi connectivity index (χ0) is 11.4. The van der Waals surface area contributed by atoms with Gasteiger partial charge >= 0.3 is 0 Å². The molecule has 0 aliphatic carbocycles. The number of nitrogens with zero attached hydrogens (tertiary/aromatic N) is 5. The highest BCUT2D eigenvalue weighted by Gasteiger charge is 2.09. The first-order valence-corrected chi connectivity index (χ1v) is 5.01. The second-order valence-corrected chi connectivity index (χ2v) is 3.47. The van der Waals surface area contributed by atoms with Crippen molar-refractivity contribution < 1.29 is 0 Å². The molecule has 0 aliphatic heterocycles. The van der Waals surface area contributed by atoms with Gasteiger partial charge in [-0.05, 0) is 19.9 Å². The first-order valence-electron chi connectivity index (χ1n) is 5.01. The van der Waals surface area contributed by atoms with Crippen LogP contribution in [0.1, 0.15) is 30.3 Å². The van der Waals surface area contributed by atoms with E-state index in [0.29, 0.717) is 12.4 Å². The Balaban J connectivity index is 1.92. The van der Waals surface area contributed by atoms with Crippen LogP contribution in [-0.4, -0.2) is 30.6 Å². The summed E-state index contributed by atoms with van der Waals surface area (Å²) in [5, 5.41) is 17.0. The van der Waals surface area contributed by atoms with Crippen LogP contribution < -0.4 is 5.32 Å². The first kappa shape index (κ1) is 10.6. The van der Waals surface area contributed by atoms with Crippen LogP contribution in [0.25, 0.3) is 0 Å². The average molecular weight is 219 g/mol. The van der Waals surface area contributed by atoms with E-state index in [9.17, 15) is 0 Å². The molecule has 0 radical (unpaired) electrons. The molecule has 0 spiro atoms. The molecular formula is C9H13N7. The third-order valence-corrected chi connectivity index (χ3v) is 2.17. The molecule has 84 valence electrons. The van der Waals surface area contributed by atoms with E-state index < -0.39 is 0 Å². The minimum absolute atomic E-state index is 0.0361. The summed E-state index contributed by atoms with van der Waals surface area (Å²) in [4.78, 5) is 8.33. The molecule has 0 saturated heterocycles. The second kappa shape index (κ2) is 4.75. The topological polar surface area (TPSA) is 92.3 Å². The van der Waals surface area contributed by atoms with Gasteiger partial charge in [-0.25, -0.2) is 9.97 Å². The van der Waals surface area contributed by atoms with Crippen LogP contribution in [0.3, 0.4) is 0 Å². The van der Waals surface area contributed by atoms with Crippen molar-refractivity contribution in [1.29, 1.82) is 0 Å². The van der Waals surface area contributed by atoms with Crippen molar-refractivity contribution in [2.75, 3.05) is 0 Å². The lowest BCUT2D eigenvalue weighted by molar-refractivity contribution is 0.540. The van der Waals surface area contributed by atoms with Crippen LogP contribution in [0, 0.1) is 6.92 Å². The Bertz CT molecular complexity index is 439. The lowest BCUT2D eigenvalue weighted by atomic mass is 10.3. The quantitative estimate of drug-likeness (QED) is 0.760. The molecule has 2 N–H and O–H groups in total. The van der Waals surface area contributed by atoms with Gasteiger partial charge in [0.05, 0.1) is 11.7 Å². The average Bonchev–Trinajstić information content (AvgIpc) is 2.79. The standard InChI is InChI=1S/C9H13N7/c1-6(9-13-15-16-14-9)11-5-8-3-4-10-7(2)12-8/h3-4,6,11H,5H2,1-2H3,(H,13,14,15,16). The van der Waals surface area contributed by atoms with Crippen LogP contribution in [0.2, 0.25) is 0 Å². The van der Waals surface area contributed by atoms with Crippen LogP contribution in [0.4, 0.5) is 0 Å². The summed E-state index contributed by atoms with van der Waals surface area (Å²) in [6, 6.07) is 1.91. The monoisotopic (exact) mass is 219 g/mol. The number of aryl methyl sites for hydroxylation is 1. The fourth-order valence-corrected chi connectivity index (χ4v) is 1.31. The number of H-pyrrole nitrogens is 1. The number of rotatable bonds is 4. The Morgan fingerprint density at radius 3 is 3.06 bits per heavy atom. The second-order valence-electron chi connectivity index (χ2n) is 3.47. The molecular weight excluding hydrogens is 206 g/mol. The highest BCUT2D eigenvalue weighted by atomic mass is 15.5. The van der Waals surface area contributed by atoms with E-state index in [1.807, 2.05) is 19.9 Å². The molecule has 16 heavy (non-hydrogen) atoms. The van der Waals surface area contributed by atoms with E-state index in [1.165, 1.54) is 0 Å². The fourth-order valence-electron chi connectivity index (χ4n) is 1.31. The summed E-state index contributed by atoms with van der Waals surface area (Å²) in [6.07, 6.45) is 1.75. The van der Waals surface area contributed by atoms with E-state index in [-0.39, 0.29) is 6.04 Å². The maximum absolute atomic E-state index is 4.29. The van der Waals surface area contributed by atoms with Gasteiger partial charge in [0, 0.05) is 12.7 Å². The number of nitrogens with one attached hydrogen (secondary N) is 2. The van der Waals surface area contributed by atoms with Gasteiger partial charge in [-0.1, -0.05) is 5.21 Å². The van der Waals surface area contributed by atoms with Crippen LogP contribution in [-0.2, 0) is 6.54 Å². The normalized spacial score (nSPS) is 12.6. The summed E-state index contributed by atoms with van der Waals surface area (Å²) in [6.45, 7) is 4.49. The van der Waals surface area contributed by atoms with Gasteiger partial charge in [0.2, 0.25) is 0 Å². The molecule has 7 nitrogen and oxygen atoms in total. The maximum atomic E-state index is 4.29. The Morgan fingerprint density at radius 2 is 2.38 bits per heavy atom. The van der Waals surface area contributed by atoms with Crippen LogP contribution in [0.15, 0.2) is 12.3 Å². The van der Waals surface area contributed by atoms with Crippen molar-refractivity contribution in [1.82, 2.24) is 35.9 Å². The minimum atomic E-state index is 0.0361. The Kier molecular flexibility index (Phi) is 3.16. The van der Waals surface area contributed by atoms with Gasteiger partial charge < -0.3 is 5.32 Å². The van der Waals surface area contributed by atoms with Gasteiger partial charge in [0.25, 0.3) is 0 Å². The van der Waals surface area contributed by atoms with Crippen molar-refractivity contribution >= 4 is 0 Å². The predicted octanol–water partition coefficient (Wildman–Crippen LogP) is 0.149. The van der Waals surface area contributed by atoms with E-state index >= 15 is 0 Å². The molecule has 0 aliphatic rings. The van der Waals surface area contributed by atoms with Gasteiger partial charge in [-0.2, -0.15) is 5.21 Å². The van der Waals surface area contributed by atoms with E-state index in [4.69, 9.17) is 0 Å². The summed E-state index contributed by atoms with van der Waals surface area (Å²) in [5.41, 5.74) is 0.947. The first-order chi connectivity index (χ1) is 7.75. The molecule has 2 rings (SSSR count). The lowest BCUT2D eigenvalue weighted by Gasteiger charge is -2.09. The van der Waals surface area contributed by atoms with Crippen molar-refractivity contribution in [3.8, 4) is 0 Å². The maximum Gasteiger partial charge on any atom is 0.191 e. The number of aromatic nitrogens is 6. The third-order valence-electron chi connectivity index (χ3n) is 2.17. The zero-order valence-electron chi connectivity index (χ0n) is 9.18. The molecule has 1 atom stereocenters. The highest BCUT2D eigenvalue weighted by molar-refractivity contribution is 5.01. The van der Waals surface area contributed by atoms with Gasteiger partial charge in [0.1, 0.15) is 5.82 Å². The van der Waals surface area contributed by atoms with Crippen molar-refractivity contribution in [2.24, 2.45) is 0 Å². The molecule has 2 aromatic rings. The Labute approximate surface area is 92.7 Å². The number of aromatic amines is 1. The number of hydrogen-bond donors (Lipinski definition) is 2. The van der Waals surface area contributed by atoms with E-state index in [1.54, 1.807) is 6.20 Å². The summed E-state index contributed by atoms with van der Waals surface area (Å²) in [7, 11) is 0. The van der Waals surface area contributed by atoms with Crippen LogP contribution >= 0.6 is 0 Å². The SMILES string of the molecule is Cc1nccc(CNC(C)c2nn[nH]n2)n1. The highest BCUT2D eigenvalue weighted by Crippen LogP contribution is 2.04. The number of hydrogen-bond acceptors (Lipinski definition) is 6. The summed E-state index contributed by atoms with van der Waals surface area (Å²) >= 11 is 0. The molecule has 7 heteroatoms. The summed E-state index contributed by atoms with van der Waals surface area (Å²) < 4.78 is 0. The molecule has 2 heterocycles. The molecule has 2 aromatic heterocycles. The predicted molar refractivity (Wildman–Crippen MR) is 56.2 cm³/mol. The Hall–Kier alpha value is -1.89. The molecule has 0 fully saturated rings. The Morgan fingerprint density at radius 1 is 1.50 bits per heavy atom. The minimum Gasteiger partial charge on any atom is -0.302 e. The van der Waals surface area contributed by atoms with Crippen molar-refractivity contribution in [3.63, 3.8) is 0 Å². The zero-order valence-corrected chi connectivity index (χ0v) is 9.18. The molecule has 0 amide bonds. The lowest BCUT2D eigenvalue weighted by Crippen LogP contribution is -2.20. The van der Waals surface area contributed by atoms with Gasteiger partial charge in [-0.15, -0.1) is 10.2 Å². The van der Waals surface area contributed by atoms with Gasteiger partial charge in [0.15, 0.2) is 5.82 Å². The van der Waals surface area contributed by atoms with Crippen molar-refractivity contribution in [3.05, 3.63) is 29.6 Å². The third kappa shape index (κ3) is 2.57. The van der Waals surface area contributed by atoms with E-state index in [2.05, 4.69) is 35.9 Å². The largest absolute Gasteiger partial charge is 0.302 e. The molecule has 0 saturated carbocycles. The van der Waals surface area contributed by atoms with Crippen LogP contribution in [0.5, 0.6) is 0 Å². The van der Waals surface area contributed by atoms with Gasteiger partial charge in [-0.3, -0.25) is 0 Å². The van der Waals surface area contributed by atoms with E-state index in [0.717, 1.165) is 11.5 Å². The molecule has 0 bridgehead atoms. The van der Waals surface area contributed by atoms with Crippen molar-refractivity contribution in [2.45, 2.75) is 26.4 Å². The summed E-state index contributed by atoms with van der Waals surface area (Å²) in [5.74, 6) is 1.41. The molecule has 1 unspecified atom stereocenters. The smallest absolute Gasteiger partial charge is 0.191 e. The fraction of sp³-hybridized carbons (Fsp3) is 0.444. The molecule has 0 aromatic carbocycles. The number of tetrazole rings is 1.